The van der Waals surface area contributed by atoms with Gasteiger partial charge < -0.3 is 4.90 Å². The molecular weight excluding hydrogens is 481 g/mol. The van der Waals surface area contributed by atoms with E-state index in [0.29, 0.717) is 0 Å². The van der Waals surface area contributed by atoms with Crippen LogP contribution in [0.15, 0.2) is 78.0 Å². The van der Waals surface area contributed by atoms with Gasteiger partial charge in [0, 0.05) is 29.8 Å². The van der Waals surface area contributed by atoms with E-state index in [9.17, 15) is 0 Å². The molecule has 0 saturated heterocycles. The molecule has 0 atom stereocenters. The molecule has 2 aromatic carbocycles. The summed E-state index contributed by atoms with van der Waals surface area (Å²) in [5.41, 5.74) is 11.5. The van der Waals surface area contributed by atoms with Crippen molar-refractivity contribution in [1.29, 1.82) is 0 Å². The highest BCUT2D eigenvalue weighted by Crippen LogP contribution is 2.33. The summed E-state index contributed by atoms with van der Waals surface area (Å²) in [5, 5.41) is 1.57. The van der Waals surface area contributed by atoms with Crippen LogP contribution in [0.5, 0.6) is 0 Å². The Balaban J connectivity index is 2.39. The Labute approximate surface area is 230 Å². The summed E-state index contributed by atoms with van der Waals surface area (Å²) in [7, 11) is 2.12. The maximum atomic E-state index is 6.52. The Bertz CT molecular complexity index is 1140. The minimum atomic E-state index is 0.780. The van der Waals surface area contributed by atoms with Gasteiger partial charge in [0.25, 0.3) is 0 Å². The number of halogens is 2. The minimum Gasteiger partial charge on any atom is -0.376 e. The Morgan fingerprint density at radius 1 is 0.889 bits per heavy atom. The van der Waals surface area contributed by atoms with Crippen molar-refractivity contribution in [3.63, 3.8) is 0 Å². The predicted octanol–water partition coefficient (Wildman–Crippen LogP) is 10.4. The fourth-order valence-electron chi connectivity index (χ4n) is 4.90. The minimum absolute atomic E-state index is 0.780. The topological polar surface area (TPSA) is 3.24 Å². The van der Waals surface area contributed by atoms with Crippen LogP contribution >= 0.6 is 23.2 Å². The molecule has 2 aromatic rings. The molecule has 3 heteroatoms. The van der Waals surface area contributed by atoms with Gasteiger partial charge in [-0.2, -0.15) is 0 Å². The quantitative estimate of drug-likeness (QED) is 0.236. The standard InChI is InChI=1S/C33H43Cl2N/c1-9-12-23(4)25(6)21-36(8)22-26(7)31(10-2)32(11-3)33-20-30(35)18-16-28(33)14-13-27-15-17-29(34)19-24(27)5/h15-20,22H,4,6,9-14,21H2,1-3,5,7-8H3/b26-22+,32-31-. The first-order valence-electron chi connectivity index (χ1n) is 13.1. The van der Waals surface area contributed by atoms with Gasteiger partial charge in [-0.25, -0.2) is 0 Å². The van der Waals surface area contributed by atoms with Gasteiger partial charge >= 0.3 is 0 Å². The van der Waals surface area contributed by atoms with Crippen molar-refractivity contribution in [3.05, 3.63) is 110 Å². The van der Waals surface area contributed by atoms with Crippen molar-refractivity contribution in [2.75, 3.05) is 13.6 Å². The van der Waals surface area contributed by atoms with Gasteiger partial charge in [0.2, 0.25) is 0 Å². The molecule has 1 nitrogen and oxygen atoms in total. The summed E-state index contributed by atoms with van der Waals surface area (Å²) in [6, 6.07) is 12.5. The molecule has 2 rings (SSSR count). The Morgan fingerprint density at radius 3 is 2.08 bits per heavy atom. The van der Waals surface area contributed by atoms with Crippen LogP contribution in [0, 0.1) is 6.92 Å². The van der Waals surface area contributed by atoms with Crippen molar-refractivity contribution >= 4 is 28.8 Å². The number of likely N-dealkylation sites (N-methyl/N-ethyl adjacent to an activating group) is 1. The number of aryl methyl sites for hydroxylation is 3. The number of hydrogen-bond acceptors (Lipinski definition) is 1. The monoisotopic (exact) mass is 523 g/mol. The van der Waals surface area contributed by atoms with Crippen molar-refractivity contribution in [2.24, 2.45) is 0 Å². The first-order valence-corrected chi connectivity index (χ1v) is 13.9. The second-order valence-electron chi connectivity index (χ2n) is 9.72. The molecule has 0 radical (unpaired) electrons. The fourth-order valence-corrected chi connectivity index (χ4v) is 5.30. The molecule has 0 amide bonds. The van der Waals surface area contributed by atoms with E-state index in [4.69, 9.17) is 23.2 Å². The molecule has 0 aliphatic carbocycles. The number of hydrogen-bond donors (Lipinski definition) is 0. The highest BCUT2D eigenvalue weighted by atomic mass is 35.5. The molecular formula is C33H43Cl2N. The molecule has 0 unspecified atom stereocenters. The summed E-state index contributed by atoms with van der Waals surface area (Å²) in [4.78, 5) is 2.23. The Hall–Kier alpha value is -2.22. The number of nitrogens with zero attached hydrogens (tertiary/aromatic N) is 1. The highest BCUT2D eigenvalue weighted by Gasteiger charge is 2.14. The van der Waals surface area contributed by atoms with E-state index in [1.807, 2.05) is 18.2 Å². The molecule has 0 aromatic heterocycles. The first-order chi connectivity index (χ1) is 17.1. The van der Waals surface area contributed by atoms with E-state index in [2.05, 4.69) is 84.1 Å². The number of rotatable bonds is 13. The van der Waals surface area contributed by atoms with Crippen LogP contribution in [0.1, 0.15) is 75.6 Å². The van der Waals surface area contributed by atoms with E-state index >= 15 is 0 Å². The van der Waals surface area contributed by atoms with E-state index in [0.717, 1.165) is 66.3 Å². The lowest BCUT2D eigenvalue weighted by Crippen LogP contribution is -2.16. The summed E-state index contributed by atoms with van der Waals surface area (Å²) >= 11 is 12.7. The maximum Gasteiger partial charge on any atom is 0.0417 e. The summed E-state index contributed by atoms with van der Waals surface area (Å²) in [6.45, 7) is 20.3. The molecule has 0 spiro atoms. The van der Waals surface area contributed by atoms with Gasteiger partial charge in [0.05, 0.1) is 0 Å². The lowest BCUT2D eigenvalue weighted by Gasteiger charge is -2.22. The zero-order valence-corrected chi connectivity index (χ0v) is 24.6. The zero-order valence-electron chi connectivity index (χ0n) is 23.1. The second-order valence-corrected chi connectivity index (χ2v) is 10.6. The summed E-state index contributed by atoms with van der Waals surface area (Å²) in [5.74, 6) is 0. The van der Waals surface area contributed by atoms with Crippen molar-refractivity contribution in [3.8, 4) is 0 Å². The molecule has 36 heavy (non-hydrogen) atoms. The lowest BCUT2D eigenvalue weighted by molar-refractivity contribution is 0.494. The molecule has 0 fully saturated rings. The van der Waals surface area contributed by atoms with Crippen molar-refractivity contribution in [2.45, 2.75) is 73.1 Å². The third kappa shape index (κ3) is 8.43. The highest BCUT2D eigenvalue weighted by molar-refractivity contribution is 6.31. The van der Waals surface area contributed by atoms with Gasteiger partial charge in [0.15, 0.2) is 0 Å². The van der Waals surface area contributed by atoms with E-state index in [1.165, 1.54) is 39.0 Å². The van der Waals surface area contributed by atoms with E-state index in [-0.39, 0.29) is 0 Å². The van der Waals surface area contributed by atoms with Gasteiger partial charge in [0.1, 0.15) is 0 Å². The van der Waals surface area contributed by atoms with Crippen molar-refractivity contribution < 1.29 is 0 Å². The maximum absolute atomic E-state index is 6.52. The smallest absolute Gasteiger partial charge is 0.0417 e. The average Bonchev–Trinajstić information content (AvgIpc) is 2.82. The molecule has 0 N–H and O–H groups in total. The molecule has 0 aliphatic rings. The first kappa shape index (κ1) is 30.0. The lowest BCUT2D eigenvalue weighted by atomic mass is 9.87. The SMILES string of the molecule is C=C(CCC)C(=C)CN(C)/C=C(C)/C(CC)=C(/CC)c1cc(Cl)ccc1CCc1ccc(Cl)cc1C. The van der Waals surface area contributed by atoms with Crippen LogP contribution in [0.25, 0.3) is 5.57 Å². The predicted molar refractivity (Wildman–Crippen MR) is 162 cm³/mol. The van der Waals surface area contributed by atoms with Gasteiger partial charge in [-0.1, -0.05) is 81.3 Å². The molecule has 0 heterocycles. The molecule has 0 aliphatic heterocycles. The molecule has 194 valence electrons. The van der Waals surface area contributed by atoms with Crippen LogP contribution < -0.4 is 0 Å². The van der Waals surface area contributed by atoms with Gasteiger partial charge in [-0.05, 0) is 115 Å². The van der Waals surface area contributed by atoms with Crippen LogP contribution in [0.3, 0.4) is 0 Å². The zero-order chi connectivity index (χ0) is 26.8. The number of benzene rings is 2. The third-order valence-electron chi connectivity index (χ3n) is 6.82. The van der Waals surface area contributed by atoms with Gasteiger partial charge in [-0.15, -0.1) is 0 Å². The molecule has 0 bridgehead atoms. The van der Waals surface area contributed by atoms with Crippen molar-refractivity contribution in [1.82, 2.24) is 4.90 Å². The van der Waals surface area contributed by atoms with E-state index in [1.54, 1.807) is 0 Å². The van der Waals surface area contributed by atoms with Crippen LogP contribution in [-0.2, 0) is 12.8 Å². The third-order valence-corrected chi connectivity index (χ3v) is 7.29. The van der Waals surface area contributed by atoms with Gasteiger partial charge in [-0.3, -0.25) is 0 Å². The largest absolute Gasteiger partial charge is 0.376 e. The summed E-state index contributed by atoms with van der Waals surface area (Å²) < 4.78 is 0. The average molecular weight is 525 g/mol. The summed E-state index contributed by atoms with van der Waals surface area (Å²) in [6.07, 6.45) is 8.19. The van der Waals surface area contributed by atoms with E-state index < -0.39 is 0 Å². The van der Waals surface area contributed by atoms with Crippen LogP contribution in [0.2, 0.25) is 10.0 Å². The normalized spacial score (nSPS) is 12.4. The second kappa shape index (κ2) is 14.5. The fraction of sp³-hybridized carbons (Fsp3) is 0.394. The van der Waals surface area contributed by atoms with Crippen LogP contribution in [0.4, 0.5) is 0 Å². The Morgan fingerprint density at radius 2 is 1.50 bits per heavy atom. The number of allylic oxidation sites excluding steroid dienone is 3. The Kier molecular flexibility index (Phi) is 12.1. The van der Waals surface area contributed by atoms with Crippen LogP contribution in [-0.4, -0.2) is 18.5 Å². The molecule has 0 saturated carbocycles.